The molecule has 148 valence electrons. The fraction of sp³-hybridized carbons (Fsp3) is 0.300. The predicted molar refractivity (Wildman–Crippen MR) is 109 cm³/mol. The normalized spacial score (nSPS) is 11.0. The summed E-state index contributed by atoms with van der Waals surface area (Å²) in [6.45, 7) is 3.52. The zero-order chi connectivity index (χ0) is 20.5. The second kappa shape index (κ2) is 10.1. The van der Waals surface area contributed by atoms with E-state index in [9.17, 15) is 14.9 Å². The van der Waals surface area contributed by atoms with Crippen LogP contribution in [0.15, 0.2) is 53.5 Å². The molecule has 0 radical (unpaired) electrons. The highest BCUT2D eigenvalue weighted by Gasteiger charge is 2.08. The Morgan fingerprint density at radius 3 is 2.43 bits per heavy atom. The lowest BCUT2D eigenvalue weighted by atomic mass is 10.1. The number of rotatable bonds is 7. The smallest absolute Gasteiger partial charge is 0.269 e. The summed E-state index contributed by atoms with van der Waals surface area (Å²) in [5, 5.41) is 17.3. The van der Waals surface area contributed by atoms with E-state index in [4.69, 9.17) is 0 Å². The number of nitrogens with zero attached hydrogens (tertiary/aromatic N) is 3. The maximum absolute atomic E-state index is 11.9. The number of nitro groups is 1. The standard InChI is InChI=1S/C20H25N5O3/c1-4-21-20(23-14-16-6-5-7-18(12-16)25(27)28)22-13-15-8-10-17(11-9-15)19(26)24(2)3/h5-12H,4,13-14H2,1-3H3,(H2,21,22,23). The van der Waals surface area contributed by atoms with E-state index in [-0.39, 0.29) is 11.6 Å². The summed E-state index contributed by atoms with van der Waals surface area (Å²) in [7, 11) is 3.44. The number of carbonyl (C=O) groups excluding carboxylic acids is 1. The fourth-order valence-corrected chi connectivity index (χ4v) is 2.49. The van der Waals surface area contributed by atoms with Crippen molar-refractivity contribution in [3.63, 3.8) is 0 Å². The molecule has 0 saturated heterocycles. The van der Waals surface area contributed by atoms with Gasteiger partial charge in [-0.25, -0.2) is 4.99 Å². The lowest BCUT2D eigenvalue weighted by molar-refractivity contribution is -0.384. The third kappa shape index (κ3) is 6.08. The Morgan fingerprint density at radius 1 is 1.11 bits per heavy atom. The minimum absolute atomic E-state index is 0.0358. The Labute approximate surface area is 164 Å². The van der Waals surface area contributed by atoms with Gasteiger partial charge in [0.05, 0.1) is 11.5 Å². The van der Waals surface area contributed by atoms with E-state index in [1.807, 2.05) is 19.1 Å². The summed E-state index contributed by atoms with van der Waals surface area (Å²) in [5.41, 5.74) is 2.47. The van der Waals surface area contributed by atoms with Crippen molar-refractivity contribution < 1.29 is 9.72 Å². The molecule has 1 amide bonds. The minimum atomic E-state index is -0.415. The summed E-state index contributed by atoms with van der Waals surface area (Å²) in [6, 6.07) is 13.8. The van der Waals surface area contributed by atoms with Gasteiger partial charge in [-0.1, -0.05) is 24.3 Å². The van der Waals surface area contributed by atoms with Gasteiger partial charge in [-0.3, -0.25) is 14.9 Å². The van der Waals surface area contributed by atoms with Gasteiger partial charge in [0.25, 0.3) is 11.6 Å². The number of hydrogen-bond donors (Lipinski definition) is 2. The van der Waals surface area contributed by atoms with Gasteiger partial charge in [-0.2, -0.15) is 0 Å². The summed E-state index contributed by atoms with van der Waals surface area (Å²) in [4.78, 5) is 28.4. The predicted octanol–water partition coefficient (Wildman–Crippen LogP) is 2.55. The highest BCUT2D eigenvalue weighted by molar-refractivity contribution is 5.93. The van der Waals surface area contributed by atoms with Gasteiger partial charge < -0.3 is 15.5 Å². The van der Waals surface area contributed by atoms with Crippen LogP contribution in [0.5, 0.6) is 0 Å². The van der Waals surface area contributed by atoms with Crippen LogP contribution in [0.2, 0.25) is 0 Å². The number of aliphatic imine (C=N–C) groups is 1. The van der Waals surface area contributed by atoms with Crippen molar-refractivity contribution in [2.75, 3.05) is 20.6 Å². The van der Waals surface area contributed by atoms with Crippen LogP contribution < -0.4 is 10.6 Å². The Morgan fingerprint density at radius 2 is 1.82 bits per heavy atom. The summed E-state index contributed by atoms with van der Waals surface area (Å²) >= 11 is 0. The molecule has 8 nitrogen and oxygen atoms in total. The van der Waals surface area contributed by atoms with Gasteiger partial charge in [0, 0.05) is 44.9 Å². The van der Waals surface area contributed by atoms with Gasteiger partial charge in [0.2, 0.25) is 0 Å². The van der Waals surface area contributed by atoms with E-state index in [2.05, 4.69) is 15.6 Å². The van der Waals surface area contributed by atoms with Crippen molar-refractivity contribution in [2.24, 2.45) is 4.99 Å². The summed E-state index contributed by atoms with van der Waals surface area (Å²) in [5.74, 6) is 0.578. The molecule has 28 heavy (non-hydrogen) atoms. The number of nitrogens with one attached hydrogen (secondary N) is 2. The summed E-state index contributed by atoms with van der Waals surface area (Å²) in [6.07, 6.45) is 0. The minimum Gasteiger partial charge on any atom is -0.357 e. The van der Waals surface area contributed by atoms with Crippen LogP contribution >= 0.6 is 0 Å². The third-order valence-corrected chi connectivity index (χ3v) is 3.95. The van der Waals surface area contributed by atoms with Crippen molar-refractivity contribution in [1.29, 1.82) is 0 Å². The first-order valence-corrected chi connectivity index (χ1v) is 8.96. The largest absolute Gasteiger partial charge is 0.357 e. The molecular weight excluding hydrogens is 358 g/mol. The molecular formula is C20H25N5O3. The van der Waals surface area contributed by atoms with Gasteiger partial charge in [0.1, 0.15) is 0 Å². The number of non-ortho nitro benzene ring substituents is 1. The molecule has 0 atom stereocenters. The quantitative estimate of drug-likeness (QED) is 0.331. The first kappa shape index (κ1) is 20.9. The molecule has 2 N–H and O–H groups in total. The molecule has 0 spiro atoms. The maximum Gasteiger partial charge on any atom is 0.269 e. The SMILES string of the molecule is CCNC(=NCc1cccc([N+](=O)[O-])c1)NCc1ccc(C(=O)N(C)C)cc1. The van der Waals surface area contributed by atoms with E-state index in [1.165, 1.54) is 17.0 Å². The molecule has 0 aromatic heterocycles. The third-order valence-electron chi connectivity index (χ3n) is 3.95. The number of hydrogen-bond acceptors (Lipinski definition) is 4. The Kier molecular flexibility index (Phi) is 7.50. The molecule has 2 aromatic carbocycles. The molecule has 0 unspecified atom stereocenters. The van der Waals surface area contributed by atoms with Crippen molar-refractivity contribution in [3.8, 4) is 0 Å². The number of benzene rings is 2. The lowest BCUT2D eigenvalue weighted by Crippen LogP contribution is -2.36. The van der Waals surface area contributed by atoms with E-state index in [0.717, 1.165) is 11.1 Å². The molecule has 0 aliphatic rings. The zero-order valence-corrected chi connectivity index (χ0v) is 16.3. The first-order chi connectivity index (χ1) is 13.4. The molecule has 0 fully saturated rings. The van der Waals surface area contributed by atoms with E-state index >= 15 is 0 Å². The topological polar surface area (TPSA) is 99.9 Å². The van der Waals surface area contributed by atoms with Crippen LogP contribution in [0.4, 0.5) is 5.69 Å². The van der Waals surface area contributed by atoms with Crippen LogP contribution in [-0.4, -0.2) is 42.3 Å². The second-order valence-electron chi connectivity index (χ2n) is 6.37. The van der Waals surface area contributed by atoms with Crippen LogP contribution in [0.1, 0.15) is 28.4 Å². The molecule has 2 aromatic rings. The molecule has 0 bridgehead atoms. The maximum atomic E-state index is 11.9. The molecule has 8 heteroatoms. The van der Waals surface area contributed by atoms with Crippen LogP contribution in [0.25, 0.3) is 0 Å². The number of guanidine groups is 1. The van der Waals surface area contributed by atoms with Crippen molar-refractivity contribution in [3.05, 3.63) is 75.3 Å². The number of carbonyl (C=O) groups is 1. The summed E-state index contributed by atoms with van der Waals surface area (Å²) < 4.78 is 0. The number of amides is 1. The van der Waals surface area contributed by atoms with E-state index in [0.29, 0.717) is 31.2 Å². The van der Waals surface area contributed by atoms with Crippen LogP contribution in [-0.2, 0) is 13.1 Å². The van der Waals surface area contributed by atoms with Crippen molar-refractivity contribution >= 4 is 17.6 Å². The zero-order valence-electron chi connectivity index (χ0n) is 16.3. The average Bonchev–Trinajstić information content (AvgIpc) is 2.70. The molecule has 2 rings (SSSR count). The highest BCUT2D eigenvalue weighted by Crippen LogP contribution is 2.13. The van der Waals surface area contributed by atoms with Crippen LogP contribution in [0.3, 0.4) is 0 Å². The van der Waals surface area contributed by atoms with E-state index in [1.54, 1.807) is 38.4 Å². The molecule has 0 aliphatic heterocycles. The second-order valence-corrected chi connectivity index (χ2v) is 6.37. The molecule has 0 aliphatic carbocycles. The van der Waals surface area contributed by atoms with E-state index < -0.39 is 4.92 Å². The van der Waals surface area contributed by atoms with Gasteiger partial charge in [-0.05, 0) is 30.2 Å². The highest BCUT2D eigenvalue weighted by atomic mass is 16.6. The average molecular weight is 383 g/mol. The van der Waals surface area contributed by atoms with Gasteiger partial charge in [0.15, 0.2) is 5.96 Å². The monoisotopic (exact) mass is 383 g/mol. The Bertz CT molecular complexity index is 847. The van der Waals surface area contributed by atoms with Crippen LogP contribution in [0, 0.1) is 10.1 Å². The Balaban J connectivity index is 2.00. The Hall–Kier alpha value is -3.42. The fourth-order valence-electron chi connectivity index (χ4n) is 2.49. The molecule has 0 heterocycles. The first-order valence-electron chi connectivity index (χ1n) is 8.96. The van der Waals surface area contributed by atoms with Gasteiger partial charge >= 0.3 is 0 Å². The van der Waals surface area contributed by atoms with Gasteiger partial charge in [-0.15, -0.1) is 0 Å². The van der Waals surface area contributed by atoms with Crippen molar-refractivity contribution in [2.45, 2.75) is 20.0 Å². The van der Waals surface area contributed by atoms with Crippen molar-refractivity contribution in [1.82, 2.24) is 15.5 Å². The lowest BCUT2D eigenvalue weighted by Gasteiger charge is -2.13. The molecule has 0 saturated carbocycles. The number of nitro benzene ring substituents is 1.